The number of nitrogens with two attached hydrogens (primary N) is 1. The SMILES string of the molecule is COCCN(CCOC)CCC1CCCC1(O)CN. The van der Waals surface area contributed by atoms with Crippen molar-refractivity contribution >= 4 is 0 Å². The summed E-state index contributed by atoms with van der Waals surface area (Å²) >= 11 is 0. The van der Waals surface area contributed by atoms with Crippen LogP contribution >= 0.6 is 0 Å². The molecule has 1 fully saturated rings. The highest BCUT2D eigenvalue weighted by Gasteiger charge is 2.39. The van der Waals surface area contributed by atoms with Gasteiger partial charge < -0.3 is 20.3 Å². The van der Waals surface area contributed by atoms with Crippen molar-refractivity contribution in [1.82, 2.24) is 4.90 Å². The average Bonchev–Trinajstić information content (AvgIpc) is 2.80. The molecule has 1 aliphatic rings. The third-order valence-corrected chi connectivity index (χ3v) is 4.29. The summed E-state index contributed by atoms with van der Waals surface area (Å²) in [7, 11) is 3.44. The van der Waals surface area contributed by atoms with Crippen LogP contribution in [0.15, 0.2) is 0 Å². The van der Waals surface area contributed by atoms with Crippen molar-refractivity contribution in [3.05, 3.63) is 0 Å². The average molecular weight is 274 g/mol. The van der Waals surface area contributed by atoms with Crippen molar-refractivity contribution in [2.45, 2.75) is 31.3 Å². The third-order valence-electron chi connectivity index (χ3n) is 4.29. The van der Waals surface area contributed by atoms with Crippen LogP contribution in [0.3, 0.4) is 0 Å². The summed E-state index contributed by atoms with van der Waals surface area (Å²) < 4.78 is 10.3. The molecule has 0 saturated heterocycles. The maximum atomic E-state index is 10.4. The van der Waals surface area contributed by atoms with E-state index >= 15 is 0 Å². The van der Waals surface area contributed by atoms with Gasteiger partial charge in [-0.25, -0.2) is 0 Å². The fourth-order valence-electron chi connectivity index (χ4n) is 2.92. The lowest BCUT2D eigenvalue weighted by atomic mass is 9.88. The van der Waals surface area contributed by atoms with Gasteiger partial charge in [0, 0.05) is 33.9 Å². The lowest BCUT2D eigenvalue weighted by molar-refractivity contribution is 0.00292. The molecule has 0 amide bonds. The van der Waals surface area contributed by atoms with Crippen LogP contribution in [0.25, 0.3) is 0 Å². The van der Waals surface area contributed by atoms with Crippen molar-refractivity contribution in [1.29, 1.82) is 0 Å². The van der Waals surface area contributed by atoms with Crippen molar-refractivity contribution < 1.29 is 14.6 Å². The van der Waals surface area contributed by atoms with E-state index in [4.69, 9.17) is 15.2 Å². The van der Waals surface area contributed by atoms with Crippen molar-refractivity contribution in [2.24, 2.45) is 11.7 Å². The van der Waals surface area contributed by atoms with Crippen LogP contribution in [0.5, 0.6) is 0 Å². The first-order valence-corrected chi connectivity index (χ1v) is 7.29. The fraction of sp³-hybridized carbons (Fsp3) is 1.00. The Kier molecular flexibility index (Phi) is 7.87. The predicted octanol–water partition coefficient (Wildman–Crippen LogP) is 0.461. The van der Waals surface area contributed by atoms with Gasteiger partial charge in [0.15, 0.2) is 0 Å². The first kappa shape index (κ1) is 16.9. The lowest BCUT2D eigenvalue weighted by Gasteiger charge is -2.31. The molecule has 114 valence electrons. The van der Waals surface area contributed by atoms with E-state index in [0.717, 1.165) is 58.5 Å². The second-order valence-electron chi connectivity index (χ2n) is 5.51. The molecule has 0 spiro atoms. The number of nitrogens with zero attached hydrogens (tertiary/aromatic N) is 1. The number of hydrogen-bond donors (Lipinski definition) is 2. The van der Waals surface area contributed by atoms with Crippen LogP contribution in [0, 0.1) is 5.92 Å². The molecule has 0 radical (unpaired) electrons. The molecular weight excluding hydrogens is 244 g/mol. The first-order chi connectivity index (χ1) is 9.16. The maximum absolute atomic E-state index is 10.4. The molecule has 19 heavy (non-hydrogen) atoms. The maximum Gasteiger partial charge on any atom is 0.0797 e. The molecule has 0 aromatic heterocycles. The summed E-state index contributed by atoms with van der Waals surface area (Å²) in [6.45, 7) is 4.64. The molecule has 1 saturated carbocycles. The molecule has 1 aliphatic carbocycles. The Labute approximate surface area is 117 Å². The van der Waals surface area contributed by atoms with Gasteiger partial charge in [0.25, 0.3) is 0 Å². The Hall–Kier alpha value is -0.200. The molecule has 2 atom stereocenters. The highest BCUT2D eigenvalue weighted by atomic mass is 16.5. The molecule has 1 rings (SSSR count). The van der Waals surface area contributed by atoms with Gasteiger partial charge in [-0.05, 0) is 31.7 Å². The zero-order chi connectivity index (χ0) is 14.1. The topological polar surface area (TPSA) is 68.0 Å². The fourth-order valence-corrected chi connectivity index (χ4v) is 2.92. The molecule has 2 unspecified atom stereocenters. The van der Waals surface area contributed by atoms with Crippen molar-refractivity contribution in [3.63, 3.8) is 0 Å². The van der Waals surface area contributed by atoms with Gasteiger partial charge in [-0.3, -0.25) is 4.90 Å². The molecule has 0 bridgehead atoms. The lowest BCUT2D eigenvalue weighted by Crippen LogP contribution is -2.43. The third kappa shape index (κ3) is 5.36. The van der Waals surface area contributed by atoms with Gasteiger partial charge in [0.1, 0.15) is 0 Å². The van der Waals surface area contributed by atoms with E-state index in [9.17, 15) is 5.11 Å². The summed E-state index contributed by atoms with van der Waals surface area (Å²) in [5, 5.41) is 10.4. The van der Waals surface area contributed by atoms with Crippen LogP contribution in [0.4, 0.5) is 0 Å². The molecule has 5 nitrogen and oxygen atoms in total. The van der Waals surface area contributed by atoms with Crippen LogP contribution in [-0.4, -0.2) is 69.2 Å². The van der Waals surface area contributed by atoms with E-state index in [2.05, 4.69) is 4.90 Å². The van der Waals surface area contributed by atoms with E-state index in [1.807, 2.05) is 0 Å². The molecule has 0 heterocycles. The number of aliphatic hydroxyl groups is 1. The standard InChI is InChI=1S/C14H30N2O3/c1-18-10-8-16(9-11-19-2)7-5-13-4-3-6-14(13,17)12-15/h13,17H,3-12,15H2,1-2H3. The molecule has 0 aromatic rings. The van der Waals surface area contributed by atoms with E-state index in [-0.39, 0.29) is 0 Å². The minimum absolute atomic E-state index is 0.338. The molecule has 3 N–H and O–H groups in total. The number of hydrogen-bond acceptors (Lipinski definition) is 5. The normalized spacial score (nSPS) is 27.3. The number of methoxy groups -OCH3 is 2. The summed E-state index contributed by atoms with van der Waals surface area (Å²) in [5.74, 6) is 0.338. The molecular formula is C14H30N2O3. The van der Waals surface area contributed by atoms with E-state index in [0.29, 0.717) is 12.5 Å². The quantitative estimate of drug-likeness (QED) is 0.606. The Morgan fingerprint density at radius 1 is 1.21 bits per heavy atom. The summed E-state index contributed by atoms with van der Waals surface area (Å²) in [4.78, 5) is 2.34. The van der Waals surface area contributed by atoms with Crippen LogP contribution < -0.4 is 5.73 Å². The zero-order valence-electron chi connectivity index (χ0n) is 12.4. The van der Waals surface area contributed by atoms with Crippen molar-refractivity contribution in [3.8, 4) is 0 Å². The smallest absolute Gasteiger partial charge is 0.0797 e. The summed E-state index contributed by atoms with van der Waals surface area (Å²) in [5.41, 5.74) is 5.09. The Bertz CT molecular complexity index is 233. The van der Waals surface area contributed by atoms with Gasteiger partial charge in [-0.15, -0.1) is 0 Å². The largest absolute Gasteiger partial charge is 0.388 e. The van der Waals surface area contributed by atoms with Gasteiger partial charge in [0.2, 0.25) is 0 Å². The summed E-state index contributed by atoms with van der Waals surface area (Å²) in [6, 6.07) is 0. The minimum atomic E-state index is -0.631. The van der Waals surface area contributed by atoms with E-state index in [1.165, 1.54) is 0 Å². The second kappa shape index (κ2) is 8.87. The molecule has 5 heteroatoms. The van der Waals surface area contributed by atoms with Gasteiger partial charge in [0.05, 0.1) is 18.8 Å². The first-order valence-electron chi connectivity index (χ1n) is 7.29. The molecule has 0 aliphatic heterocycles. The Morgan fingerprint density at radius 3 is 2.37 bits per heavy atom. The van der Waals surface area contributed by atoms with Gasteiger partial charge in [-0.2, -0.15) is 0 Å². The molecule has 0 aromatic carbocycles. The van der Waals surface area contributed by atoms with Crippen molar-refractivity contribution in [2.75, 3.05) is 53.6 Å². The second-order valence-corrected chi connectivity index (χ2v) is 5.51. The monoisotopic (exact) mass is 274 g/mol. The highest BCUT2D eigenvalue weighted by Crippen LogP contribution is 2.37. The zero-order valence-corrected chi connectivity index (χ0v) is 12.4. The Morgan fingerprint density at radius 2 is 1.84 bits per heavy atom. The Balaban J connectivity index is 2.37. The number of ether oxygens (including phenoxy) is 2. The van der Waals surface area contributed by atoms with Gasteiger partial charge >= 0.3 is 0 Å². The predicted molar refractivity (Wildman–Crippen MR) is 76.2 cm³/mol. The van der Waals surface area contributed by atoms with E-state index < -0.39 is 5.60 Å². The van der Waals surface area contributed by atoms with Crippen LogP contribution in [-0.2, 0) is 9.47 Å². The van der Waals surface area contributed by atoms with Crippen LogP contribution in [0.2, 0.25) is 0 Å². The highest BCUT2D eigenvalue weighted by molar-refractivity contribution is 4.93. The summed E-state index contributed by atoms with van der Waals surface area (Å²) in [6.07, 6.45) is 4.04. The van der Waals surface area contributed by atoms with Gasteiger partial charge in [-0.1, -0.05) is 6.42 Å². The number of rotatable bonds is 10. The minimum Gasteiger partial charge on any atom is -0.388 e. The van der Waals surface area contributed by atoms with E-state index in [1.54, 1.807) is 14.2 Å². The van der Waals surface area contributed by atoms with Crippen LogP contribution in [0.1, 0.15) is 25.7 Å².